The molecule has 1 fully saturated rings. The van der Waals surface area contributed by atoms with E-state index in [2.05, 4.69) is 15.8 Å². The predicted octanol–water partition coefficient (Wildman–Crippen LogP) is 10.1. The maximum Gasteiger partial charge on any atom is 0.355 e. The number of rotatable bonds is 21. The van der Waals surface area contributed by atoms with Gasteiger partial charge in [0.1, 0.15) is 46.5 Å². The predicted molar refractivity (Wildman–Crippen MR) is 307 cm³/mol. The smallest absolute Gasteiger partial charge is 0.355 e. The number of aliphatic carboxylic acids is 1. The highest BCUT2D eigenvalue weighted by Gasteiger charge is 2.54. The molecule has 0 saturated carbocycles. The molecule has 0 aliphatic carbocycles. The maximum absolute atomic E-state index is 15.1. The summed E-state index contributed by atoms with van der Waals surface area (Å²) in [5.41, 5.74) is 1.97. The number of nitrogens with zero attached hydrogens (tertiary/aromatic N) is 3. The number of carboxylic acid groups (broad SMARTS) is 1. The van der Waals surface area contributed by atoms with Crippen LogP contribution in [0.25, 0.3) is 0 Å². The number of fused-ring (bicyclic) bond motifs is 1. The second kappa shape index (κ2) is 25.3. The van der Waals surface area contributed by atoms with E-state index in [4.69, 9.17) is 28.8 Å². The van der Waals surface area contributed by atoms with Gasteiger partial charge in [-0.15, -0.1) is 23.1 Å². The zero-order chi connectivity index (χ0) is 58.0. The van der Waals surface area contributed by atoms with Crippen LogP contribution in [0, 0.1) is 5.82 Å². The SMILES string of the molecule is CC(=O)Oc1ccc([C@@H](ON=C(C(=O)N[C@@H]2C(=O)N3C(C(=O)O)=C(COc4ccc(F)cc4)CS[C@@H]23)c2csc(NC(c3ccccc3)(c3ccccc3)c3ccccc3)n2)C(=O)OC(c2ccccc2)c2ccccc2)cc1OC(C)=O. The molecule has 7 aromatic carbocycles. The van der Waals surface area contributed by atoms with Crippen LogP contribution < -0.4 is 24.8 Å². The third-order valence-electron chi connectivity index (χ3n) is 13.3. The molecule has 0 spiro atoms. The van der Waals surface area contributed by atoms with Gasteiger partial charge in [0.2, 0.25) is 6.10 Å². The molecule has 8 aromatic rings. The number of β-lactam (4-membered cyclic amide) rings is 1. The number of carbonyl (C=O) groups is 6. The molecule has 2 aliphatic heterocycles. The first-order chi connectivity index (χ1) is 40.3. The maximum atomic E-state index is 15.1. The van der Waals surface area contributed by atoms with Crippen LogP contribution in [0.15, 0.2) is 216 Å². The van der Waals surface area contributed by atoms with Crippen LogP contribution in [-0.4, -0.2) is 80.2 Å². The van der Waals surface area contributed by atoms with Crippen molar-refractivity contribution < 1.29 is 62.0 Å². The van der Waals surface area contributed by atoms with E-state index in [1.807, 2.05) is 91.0 Å². The zero-order valence-corrected chi connectivity index (χ0v) is 45.9. The molecule has 83 heavy (non-hydrogen) atoms. The molecule has 10 rings (SSSR count). The molecule has 1 aromatic heterocycles. The minimum atomic E-state index is -1.86. The van der Waals surface area contributed by atoms with Crippen LogP contribution in [0.2, 0.25) is 0 Å². The average Bonchev–Trinajstić information content (AvgIpc) is 2.37. The summed E-state index contributed by atoms with van der Waals surface area (Å²) in [4.78, 5) is 94.1. The fourth-order valence-corrected chi connectivity index (χ4v) is 11.6. The first-order valence-electron chi connectivity index (χ1n) is 25.8. The Morgan fingerprint density at radius 3 is 1.81 bits per heavy atom. The molecule has 20 heteroatoms. The number of aromatic nitrogens is 1. The standard InChI is InChI=1S/C63H50FN5O12S2/c1-38(70)78-50-33-28-42(34-51(50)79-39(2)71)56(61(76)80-55(40-18-8-3-9-19-40)41-20-10-4-11-21-41)81-68-52(57(72)66-53-58(73)69-54(60(74)75)43(36-82-59(53)69)35-77-48-31-29-47(64)30-32-48)49-37-83-62(65-49)67-63(44-22-12-5-13-23-44,45-24-14-6-15-25-45)46-26-16-7-17-27-46/h3-34,37,53,55-56,59H,35-36H2,1-2H3,(H,65,67)(H,66,72)(H,74,75)/t53-,56-,59+/m1/s1. The molecule has 3 heterocycles. The van der Waals surface area contributed by atoms with Crippen molar-refractivity contribution in [1.29, 1.82) is 0 Å². The van der Waals surface area contributed by atoms with Gasteiger partial charge in [0.05, 0.1) is 0 Å². The average molecular weight is 1150 g/mol. The largest absolute Gasteiger partial charge is 0.489 e. The van der Waals surface area contributed by atoms with E-state index < -0.39 is 76.4 Å². The van der Waals surface area contributed by atoms with Gasteiger partial charge in [-0.2, -0.15) is 0 Å². The van der Waals surface area contributed by atoms with E-state index >= 15 is 9.59 Å². The minimum Gasteiger partial charge on any atom is -0.489 e. The summed E-state index contributed by atoms with van der Waals surface area (Å²) in [5.74, 6) is -6.26. The van der Waals surface area contributed by atoms with Gasteiger partial charge in [0, 0.05) is 36.1 Å². The lowest BCUT2D eigenvalue weighted by atomic mass is 9.77. The van der Waals surface area contributed by atoms with Crippen LogP contribution in [-0.2, 0) is 43.9 Å². The Bertz CT molecular complexity index is 3610. The van der Waals surface area contributed by atoms with Crippen molar-refractivity contribution in [3.05, 3.63) is 256 Å². The molecule has 17 nitrogen and oxygen atoms in total. The summed E-state index contributed by atoms with van der Waals surface area (Å²) < 4.78 is 36.5. The minimum absolute atomic E-state index is 0.0276. The number of thioether (sulfide) groups is 1. The fourth-order valence-electron chi connectivity index (χ4n) is 9.56. The van der Waals surface area contributed by atoms with Crippen molar-refractivity contribution in [2.45, 2.75) is 43.0 Å². The van der Waals surface area contributed by atoms with Crippen molar-refractivity contribution in [3.63, 3.8) is 0 Å². The Morgan fingerprint density at radius 2 is 1.27 bits per heavy atom. The topological polar surface area (TPSA) is 221 Å². The van der Waals surface area contributed by atoms with E-state index in [1.165, 1.54) is 54.2 Å². The van der Waals surface area contributed by atoms with Crippen molar-refractivity contribution in [1.82, 2.24) is 15.2 Å². The van der Waals surface area contributed by atoms with E-state index in [9.17, 15) is 28.7 Å². The Hall–Kier alpha value is -9.92. The zero-order valence-electron chi connectivity index (χ0n) is 44.3. The second-order valence-electron chi connectivity index (χ2n) is 18.8. The van der Waals surface area contributed by atoms with Gasteiger partial charge in [-0.25, -0.2) is 19.0 Å². The monoisotopic (exact) mass is 1150 g/mol. The molecule has 0 radical (unpaired) electrons. The summed E-state index contributed by atoms with van der Waals surface area (Å²) >= 11 is 2.31. The van der Waals surface area contributed by atoms with Gasteiger partial charge in [0.15, 0.2) is 28.4 Å². The van der Waals surface area contributed by atoms with Crippen molar-refractivity contribution in [2.75, 3.05) is 17.7 Å². The number of carbonyl (C=O) groups excluding carboxylic acids is 5. The highest BCUT2D eigenvalue weighted by atomic mass is 32.2. The molecular formula is C63H50FN5O12S2. The van der Waals surface area contributed by atoms with Crippen LogP contribution >= 0.6 is 23.1 Å². The van der Waals surface area contributed by atoms with E-state index in [0.717, 1.165) is 46.8 Å². The summed E-state index contributed by atoms with van der Waals surface area (Å²) in [6, 6.07) is 54.7. The summed E-state index contributed by atoms with van der Waals surface area (Å²) in [6.07, 6.45) is -2.87. The Morgan fingerprint density at radius 1 is 0.723 bits per heavy atom. The number of amides is 2. The van der Waals surface area contributed by atoms with Gasteiger partial charge < -0.3 is 39.5 Å². The number of hydrogen-bond donors (Lipinski definition) is 3. The third-order valence-corrected chi connectivity index (χ3v) is 15.4. The lowest BCUT2D eigenvalue weighted by Crippen LogP contribution is -2.71. The van der Waals surface area contributed by atoms with Crippen molar-refractivity contribution >= 4 is 69.6 Å². The summed E-state index contributed by atoms with van der Waals surface area (Å²) in [7, 11) is 0. The third kappa shape index (κ3) is 12.5. The number of anilines is 1. The Kier molecular flexibility index (Phi) is 17.1. The quantitative estimate of drug-likeness (QED) is 0.0152. The number of thiazole rings is 1. The highest BCUT2D eigenvalue weighted by molar-refractivity contribution is 8.00. The second-order valence-corrected chi connectivity index (χ2v) is 20.8. The number of ether oxygens (including phenoxy) is 4. The number of oxime groups is 1. The van der Waals surface area contributed by atoms with Crippen LogP contribution in [0.3, 0.4) is 0 Å². The lowest BCUT2D eigenvalue weighted by Gasteiger charge is -2.49. The first kappa shape index (κ1) is 56.4. The van der Waals surface area contributed by atoms with E-state index in [1.54, 1.807) is 66.0 Å². The van der Waals surface area contributed by atoms with Gasteiger partial charge in [0.25, 0.3) is 11.8 Å². The van der Waals surface area contributed by atoms with E-state index in [0.29, 0.717) is 16.3 Å². The number of carboxylic acids is 1. The molecule has 1 saturated heterocycles. The van der Waals surface area contributed by atoms with Gasteiger partial charge >= 0.3 is 23.9 Å². The van der Waals surface area contributed by atoms with Crippen molar-refractivity contribution in [3.8, 4) is 17.2 Å². The normalized spacial score (nSPS) is 15.3. The summed E-state index contributed by atoms with van der Waals surface area (Å²) in [5, 5.41) is 22.2. The van der Waals surface area contributed by atoms with Crippen LogP contribution in [0.5, 0.6) is 17.2 Å². The number of halogens is 1. The summed E-state index contributed by atoms with van der Waals surface area (Å²) in [6.45, 7) is 2.06. The van der Waals surface area contributed by atoms with Crippen LogP contribution in [0.1, 0.15) is 65.1 Å². The van der Waals surface area contributed by atoms with Crippen LogP contribution in [0.4, 0.5) is 9.52 Å². The number of esters is 3. The van der Waals surface area contributed by atoms with Gasteiger partial charge in [-0.1, -0.05) is 163 Å². The molecule has 0 bridgehead atoms. The molecule has 3 atom stereocenters. The van der Waals surface area contributed by atoms with Gasteiger partial charge in [-0.3, -0.25) is 24.1 Å². The Labute approximate surface area is 483 Å². The molecule has 2 amide bonds. The first-order valence-corrected chi connectivity index (χ1v) is 27.7. The molecule has 418 valence electrons. The molecule has 2 aliphatic rings. The van der Waals surface area contributed by atoms with E-state index in [-0.39, 0.29) is 52.1 Å². The highest BCUT2D eigenvalue weighted by Crippen LogP contribution is 2.43. The number of hydrogen-bond acceptors (Lipinski definition) is 16. The number of benzene rings is 7. The number of nitrogens with one attached hydrogen (secondary N) is 2. The Balaban J connectivity index is 1.05. The molecular weight excluding hydrogens is 1100 g/mol. The van der Waals surface area contributed by atoms with Gasteiger partial charge in [-0.05, 0) is 64.2 Å². The molecule has 0 unspecified atom stereocenters. The lowest BCUT2D eigenvalue weighted by molar-refractivity contribution is -0.162. The van der Waals surface area contributed by atoms with Crippen molar-refractivity contribution in [2.24, 2.45) is 5.16 Å². The fraction of sp³-hybridized carbons (Fsp3) is 0.143. The molecule has 3 N–H and O–H groups in total.